The van der Waals surface area contributed by atoms with Crippen LogP contribution in [0.2, 0.25) is 0 Å². The number of hydrogen-bond donors (Lipinski definition) is 1. The molecule has 0 radical (unpaired) electrons. The summed E-state index contributed by atoms with van der Waals surface area (Å²) in [5, 5.41) is 7.05. The van der Waals surface area contributed by atoms with E-state index in [1.54, 1.807) is 9.58 Å². The Labute approximate surface area is 209 Å². The van der Waals surface area contributed by atoms with Crippen molar-refractivity contribution in [3.05, 3.63) is 77.1 Å². The Morgan fingerprint density at radius 1 is 1.08 bits per heavy atom. The summed E-state index contributed by atoms with van der Waals surface area (Å²) in [6, 6.07) is 10.7. The number of aryl methyl sites for hydroxylation is 1. The smallest absolute Gasteiger partial charge is 0.410 e. The fourth-order valence-electron chi connectivity index (χ4n) is 4.33. The lowest BCUT2D eigenvalue weighted by Crippen LogP contribution is -2.41. The largest absolute Gasteiger partial charge is 0.444 e. The number of aromatic nitrogens is 2. The molecule has 36 heavy (non-hydrogen) atoms. The van der Waals surface area contributed by atoms with Crippen LogP contribution in [0.25, 0.3) is 5.69 Å². The van der Waals surface area contributed by atoms with Crippen LogP contribution in [0.15, 0.2) is 48.7 Å². The summed E-state index contributed by atoms with van der Waals surface area (Å²) in [5.41, 5.74) is 2.12. The van der Waals surface area contributed by atoms with Crippen molar-refractivity contribution in [2.24, 2.45) is 0 Å². The lowest BCUT2D eigenvalue weighted by molar-refractivity contribution is 0.0203. The van der Waals surface area contributed by atoms with Gasteiger partial charge in [-0.25, -0.2) is 18.3 Å². The van der Waals surface area contributed by atoms with Crippen molar-refractivity contribution in [1.82, 2.24) is 14.7 Å². The number of amides is 2. The molecule has 1 aromatic heterocycles. The lowest BCUT2D eigenvalue weighted by atomic mass is 9.90. The molecule has 3 aromatic rings. The second-order valence-corrected chi connectivity index (χ2v) is 10.0. The van der Waals surface area contributed by atoms with Gasteiger partial charge < -0.3 is 15.0 Å². The maximum absolute atomic E-state index is 14.2. The van der Waals surface area contributed by atoms with Gasteiger partial charge in [0.25, 0.3) is 5.91 Å². The molecule has 0 unspecified atom stereocenters. The first-order chi connectivity index (χ1) is 17.0. The zero-order valence-corrected chi connectivity index (χ0v) is 20.8. The Morgan fingerprint density at radius 2 is 1.81 bits per heavy atom. The summed E-state index contributed by atoms with van der Waals surface area (Å²) in [4.78, 5) is 27.4. The number of carbonyl (C=O) groups excluding carboxylic acids is 2. The van der Waals surface area contributed by atoms with Gasteiger partial charge in [-0.3, -0.25) is 4.79 Å². The summed E-state index contributed by atoms with van der Waals surface area (Å²) < 4.78 is 34.8. The number of piperidine rings is 1. The highest BCUT2D eigenvalue weighted by molar-refractivity contribution is 6.05. The molecule has 0 bridgehead atoms. The van der Waals surface area contributed by atoms with E-state index < -0.39 is 23.1 Å². The number of benzene rings is 2. The molecule has 1 aliphatic heterocycles. The van der Waals surface area contributed by atoms with Crippen molar-refractivity contribution < 1.29 is 23.1 Å². The van der Waals surface area contributed by atoms with Crippen molar-refractivity contribution in [1.29, 1.82) is 0 Å². The summed E-state index contributed by atoms with van der Waals surface area (Å²) in [5.74, 6) is -2.20. The lowest BCUT2D eigenvalue weighted by Gasteiger charge is -2.34. The van der Waals surface area contributed by atoms with Crippen molar-refractivity contribution in [3.8, 4) is 5.69 Å². The Bertz CT molecular complexity index is 1270. The minimum atomic E-state index is -0.860. The monoisotopic (exact) mass is 496 g/mol. The van der Waals surface area contributed by atoms with Gasteiger partial charge in [0.1, 0.15) is 17.2 Å². The Kier molecular flexibility index (Phi) is 7.10. The highest BCUT2D eigenvalue weighted by Crippen LogP contribution is 2.33. The molecular weight excluding hydrogens is 466 g/mol. The predicted octanol–water partition coefficient (Wildman–Crippen LogP) is 5.83. The van der Waals surface area contributed by atoms with E-state index in [1.807, 2.05) is 52.0 Å². The van der Waals surface area contributed by atoms with E-state index in [4.69, 9.17) is 4.74 Å². The molecule has 1 saturated heterocycles. The van der Waals surface area contributed by atoms with Crippen molar-refractivity contribution in [3.63, 3.8) is 0 Å². The SMILES string of the molecule is Cc1cccc(-n2ncc(C(=O)Nc3ccc(F)cc3F)c2C2CCN(C(=O)OC(C)(C)C)CC2)c1. The van der Waals surface area contributed by atoms with Crippen LogP contribution in [-0.4, -0.2) is 45.4 Å². The zero-order valence-electron chi connectivity index (χ0n) is 20.8. The van der Waals surface area contributed by atoms with Crippen LogP contribution < -0.4 is 5.32 Å². The van der Waals surface area contributed by atoms with E-state index in [0.717, 1.165) is 23.4 Å². The molecule has 1 aliphatic rings. The quantitative estimate of drug-likeness (QED) is 0.493. The van der Waals surface area contributed by atoms with Gasteiger partial charge in [-0.05, 0) is 70.4 Å². The highest BCUT2D eigenvalue weighted by Gasteiger charge is 2.32. The number of rotatable bonds is 4. The van der Waals surface area contributed by atoms with Gasteiger partial charge in [-0.1, -0.05) is 12.1 Å². The van der Waals surface area contributed by atoms with E-state index >= 15 is 0 Å². The Hall–Kier alpha value is -3.75. The molecule has 1 fully saturated rings. The van der Waals surface area contributed by atoms with Crippen LogP contribution in [0, 0.1) is 18.6 Å². The predicted molar refractivity (Wildman–Crippen MR) is 132 cm³/mol. The Balaban J connectivity index is 1.63. The van der Waals surface area contributed by atoms with Crippen molar-refractivity contribution in [2.45, 2.75) is 52.1 Å². The molecule has 7 nitrogen and oxygen atoms in total. The van der Waals surface area contributed by atoms with Crippen molar-refractivity contribution in [2.75, 3.05) is 18.4 Å². The average molecular weight is 497 g/mol. The fraction of sp³-hybridized carbons (Fsp3) is 0.370. The number of halogens is 2. The maximum atomic E-state index is 14.2. The summed E-state index contributed by atoms with van der Waals surface area (Å²) in [7, 11) is 0. The number of anilines is 1. The molecule has 0 aliphatic carbocycles. The third-order valence-electron chi connectivity index (χ3n) is 6.01. The number of hydrogen-bond acceptors (Lipinski definition) is 4. The van der Waals surface area contributed by atoms with Crippen LogP contribution in [0.1, 0.15) is 61.1 Å². The summed E-state index contributed by atoms with van der Waals surface area (Å²) in [6.45, 7) is 8.38. The molecule has 1 N–H and O–H groups in total. The molecular formula is C27H30F2N4O3. The van der Waals surface area contributed by atoms with Crippen LogP contribution in [0.3, 0.4) is 0 Å². The average Bonchev–Trinajstić information content (AvgIpc) is 3.25. The van der Waals surface area contributed by atoms with Crippen LogP contribution in [0.4, 0.5) is 19.3 Å². The normalized spacial score (nSPS) is 14.6. The van der Waals surface area contributed by atoms with Crippen LogP contribution in [0.5, 0.6) is 0 Å². The first-order valence-electron chi connectivity index (χ1n) is 11.9. The number of carbonyl (C=O) groups is 2. The number of nitrogens with one attached hydrogen (secondary N) is 1. The number of nitrogens with zero attached hydrogens (tertiary/aromatic N) is 3. The molecule has 2 heterocycles. The zero-order chi connectivity index (χ0) is 26.0. The first-order valence-corrected chi connectivity index (χ1v) is 11.9. The number of likely N-dealkylation sites (tertiary alicyclic amines) is 1. The number of ether oxygens (including phenoxy) is 1. The van der Waals surface area contributed by atoms with Gasteiger partial charge in [0.05, 0.1) is 28.8 Å². The molecule has 2 amide bonds. The summed E-state index contributed by atoms with van der Waals surface area (Å²) >= 11 is 0. The first kappa shape index (κ1) is 25.3. The minimum absolute atomic E-state index is 0.0782. The van der Waals surface area contributed by atoms with E-state index in [2.05, 4.69) is 10.4 Å². The molecule has 190 valence electrons. The van der Waals surface area contributed by atoms with E-state index in [0.29, 0.717) is 37.2 Å². The molecule has 0 spiro atoms. The van der Waals surface area contributed by atoms with Crippen LogP contribution >= 0.6 is 0 Å². The highest BCUT2D eigenvalue weighted by atomic mass is 19.1. The third-order valence-corrected chi connectivity index (χ3v) is 6.01. The maximum Gasteiger partial charge on any atom is 0.410 e. The van der Waals surface area contributed by atoms with Gasteiger partial charge in [0, 0.05) is 25.1 Å². The third kappa shape index (κ3) is 5.72. The van der Waals surface area contributed by atoms with Gasteiger partial charge in [-0.15, -0.1) is 0 Å². The van der Waals surface area contributed by atoms with E-state index in [9.17, 15) is 18.4 Å². The topological polar surface area (TPSA) is 76.5 Å². The molecule has 9 heteroatoms. The fourth-order valence-corrected chi connectivity index (χ4v) is 4.33. The van der Waals surface area contributed by atoms with Gasteiger partial charge in [0.15, 0.2) is 0 Å². The molecule has 0 atom stereocenters. The van der Waals surface area contributed by atoms with E-state index in [-0.39, 0.29) is 17.7 Å². The molecule has 4 rings (SSSR count). The minimum Gasteiger partial charge on any atom is -0.444 e. The Morgan fingerprint density at radius 3 is 2.44 bits per heavy atom. The molecule has 2 aromatic carbocycles. The van der Waals surface area contributed by atoms with Gasteiger partial charge in [0.2, 0.25) is 0 Å². The van der Waals surface area contributed by atoms with Gasteiger partial charge >= 0.3 is 6.09 Å². The van der Waals surface area contributed by atoms with Crippen molar-refractivity contribution >= 4 is 17.7 Å². The van der Waals surface area contributed by atoms with E-state index in [1.165, 1.54) is 12.3 Å². The van der Waals surface area contributed by atoms with Gasteiger partial charge in [-0.2, -0.15) is 5.10 Å². The van der Waals surface area contributed by atoms with Crippen LogP contribution in [-0.2, 0) is 4.74 Å². The second-order valence-electron chi connectivity index (χ2n) is 10.0. The molecule has 0 saturated carbocycles. The summed E-state index contributed by atoms with van der Waals surface area (Å²) in [6.07, 6.45) is 2.30. The second kappa shape index (κ2) is 10.1. The standard InChI is InChI=1S/C27H30F2N4O3/c1-17-6-5-7-20(14-17)33-24(18-10-12-32(13-11-18)26(35)36-27(2,3)4)21(16-30-33)25(34)31-23-9-8-19(28)15-22(23)29/h5-9,14-16,18H,10-13H2,1-4H3,(H,31,34).